The summed E-state index contributed by atoms with van der Waals surface area (Å²) < 4.78 is 2.37. The summed E-state index contributed by atoms with van der Waals surface area (Å²) in [6.45, 7) is 1.30. The highest BCUT2D eigenvalue weighted by atomic mass is 32.1. The number of para-hydroxylation sites is 1. The Balaban J connectivity index is 1.72. The maximum Gasteiger partial charge on any atom is 0.271 e. The van der Waals surface area contributed by atoms with Crippen molar-refractivity contribution in [1.29, 1.82) is 0 Å². The number of nitrogens with zero attached hydrogens (tertiary/aromatic N) is 2. The van der Waals surface area contributed by atoms with Gasteiger partial charge in [-0.1, -0.05) is 18.2 Å². The third-order valence-corrected chi connectivity index (χ3v) is 3.78. The summed E-state index contributed by atoms with van der Waals surface area (Å²) in [6.07, 6.45) is 1.62. The molecule has 0 bridgehead atoms. The Labute approximate surface area is 114 Å². The van der Waals surface area contributed by atoms with Crippen LogP contribution >= 0.6 is 11.3 Å². The van der Waals surface area contributed by atoms with Crippen LogP contribution in [-0.2, 0) is 6.54 Å². The second kappa shape index (κ2) is 5.24. The number of rotatable bonds is 4. The van der Waals surface area contributed by atoms with Crippen molar-refractivity contribution in [2.24, 2.45) is 0 Å². The van der Waals surface area contributed by atoms with Gasteiger partial charge < -0.3 is 5.32 Å². The van der Waals surface area contributed by atoms with E-state index in [4.69, 9.17) is 0 Å². The highest BCUT2D eigenvalue weighted by molar-refractivity contribution is 7.17. The molecule has 0 aliphatic carbocycles. The second-order valence-corrected chi connectivity index (χ2v) is 5.09. The number of fused-ring (bicyclic) bond motifs is 1. The highest BCUT2D eigenvalue weighted by Crippen LogP contribution is 2.13. The molecule has 3 aromatic rings. The van der Waals surface area contributed by atoms with Crippen molar-refractivity contribution in [3.05, 3.63) is 58.5 Å². The number of hydrogen-bond donors (Lipinski definition) is 1. The van der Waals surface area contributed by atoms with Crippen LogP contribution in [0, 0.1) is 0 Å². The Morgan fingerprint density at radius 3 is 2.89 bits per heavy atom. The molecule has 0 aliphatic heterocycles. The third-order valence-electron chi connectivity index (χ3n) is 2.89. The molecule has 0 aliphatic rings. The first kappa shape index (κ1) is 11.9. The van der Waals surface area contributed by atoms with E-state index in [1.165, 1.54) is 11.3 Å². The lowest BCUT2D eigenvalue weighted by atomic mass is 10.3. The van der Waals surface area contributed by atoms with Gasteiger partial charge in [0, 0.05) is 18.8 Å². The molecule has 0 unspecified atom stereocenters. The molecule has 0 saturated heterocycles. The molecule has 5 heteroatoms. The SMILES string of the molecule is O=c1c2sccc2ncn1CCNc1ccccc1. The molecule has 19 heavy (non-hydrogen) atoms. The molecule has 0 saturated carbocycles. The van der Waals surface area contributed by atoms with Crippen LogP contribution in [0.15, 0.2) is 52.9 Å². The van der Waals surface area contributed by atoms with E-state index < -0.39 is 0 Å². The lowest BCUT2D eigenvalue weighted by Gasteiger charge is -2.07. The van der Waals surface area contributed by atoms with E-state index >= 15 is 0 Å². The quantitative estimate of drug-likeness (QED) is 0.793. The van der Waals surface area contributed by atoms with Gasteiger partial charge in [0.15, 0.2) is 0 Å². The Bertz CT molecular complexity index is 733. The summed E-state index contributed by atoms with van der Waals surface area (Å²) in [7, 11) is 0. The fourth-order valence-electron chi connectivity index (χ4n) is 1.91. The maximum atomic E-state index is 12.1. The summed E-state index contributed by atoms with van der Waals surface area (Å²) >= 11 is 1.44. The molecule has 0 atom stereocenters. The standard InChI is InChI=1S/C14H13N3OS/c18-14-13-12(6-9-19-13)16-10-17(14)8-7-15-11-4-2-1-3-5-11/h1-6,9-10,15H,7-8H2. The topological polar surface area (TPSA) is 46.9 Å². The van der Waals surface area contributed by atoms with Crippen LogP contribution in [0.5, 0.6) is 0 Å². The molecule has 1 aromatic carbocycles. The van der Waals surface area contributed by atoms with Crippen molar-refractivity contribution >= 4 is 27.2 Å². The summed E-state index contributed by atoms with van der Waals surface area (Å²) in [5.41, 5.74) is 1.87. The smallest absolute Gasteiger partial charge is 0.271 e. The van der Waals surface area contributed by atoms with Crippen LogP contribution in [0.3, 0.4) is 0 Å². The molecule has 0 spiro atoms. The first-order valence-electron chi connectivity index (χ1n) is 6.06. The molecule has 3 rings (SSSR count). The van der Waals surface area contributed by atoms with Gasteiger partial charge in [0.05, 0.1) is 11.8 Å². The molecule has 2 aromatic heterocycles. The minimum atomic E-state index is 0.0369. The first-order valence-corrected chi connectivity index (χ1v) is 6.94. The van der Waals surface area contributed by atoms with Crippen LogP contribution in [-0.4, -0.2) is 16.1 Å². The third kappa shape index (κ3) is 2.51. The summed E-state index contributed by atoms with van der Waals surface area (Å²) in [6, 6.07) is 11.8. The number of hydrogen-bond acceptors (Lipinski definition) is 4. The Morgan fingerprint density at radius 1 is 1.21 bits per heavy atom. The van der Waals surface area contributed by atoms with Crippen LogP contribution in [0.1, 0.15) is 0 Å². The second-order valence-electron chi connectivity index (χ2n) is 4.17. The van der Waals surface area contributed by atoms with Gasteiger partial charge in [0.2, 0.25) is 0 Å². The van der Waals surface area contributed by atoms with E-state index in [9.17, 15) is 4.79 Å². The van der Waals surface area contributed by atoms with Gasteiger partial charge in [0.1, 0.15) is 4.70 Å². The maximum absolute atomic E-state index is 12.1. The van der Waals surface area contributed by atoms with Gasteiger partial charge in [-0.2, -0.15) is 0 Å². The highest BCUT2D eigenvalue weighted by Gasteiger charge is 2.04. The molecule has 4 nitrogen and oxygen atoms in total. The fraction of sp³-hybridized carbons (Fsp3) is 0.143. The summed E-state index contributed by atoms with van der Waals surface area (Å²) in [4.78, 5) is 16.4. The Kier molecular flexibility index (Phi) is 3.29. The zero-order valence-corrected chi connectivity index (χ0v) is 11.1. The molecule has 0 fully saturated rings. The zero-order chi connectivity index (χ0) is 13.1. The van der Waals surface area contributed by atoms with E-state index in [0.29, 0.717) is 13.1 Å². The largest absolute Gasteiger partial charge is 0.383 e. The van der Waals surface area contributed by atoms with Crippen molar-refractivity contribution in [3.63, 3.8) is 0 Å². The minimum absolute atomic E-state index is 0.0369. The van der Waals surface area contributed by atoms with Crippen molar-refractivity contribution in [1.82, 2.24) is 9.55 Å². The monoisotopic (exact) mass is 271 g/mol. The van der Waals surface area contributed by atoms with Crippen molar-refractivity contribution in [2.75, 3.05) is 11.9 Å². The predicted molar refractivity (Wildman–Crippen MR) is 78.8 cm³/mol. The summed E-state index contributed by atoms with van der Waals surface area (Å²) in [5, 5.41) is 5.17. The van der Waals surface area contributed by atoms with Gasteiger partial charge >= 0.3 is 0 Å². The van der Waals surface area contributed by atoms with Gasteiger partial charge in [-0.05, 0) is 23.6 Å². The minimum Gasteiger partial charge on any atom is -0.383 e. The van der Waals surface area contributed by atoms with Crippen LogP contribution in [0.2, 0.25) is 0 Å². The Hall–Kier alpha value is -2.14. The molecular weight excluding hydrogens is 258 g/mol. The van der Waals surface area contributed by atoms with E-state index in [2.05, 4.69) is 10.3 Å². The van der Waals surface area contributed by atoms with Gasteiger partial charge in [-0.3, -0.25) is 9.36 Å². The van der Waals surface area contributed by atoms with E-state index in [-0.39, 0.29) is 5.56 Å². The molecule has 96 valence electrons. The van der Waals surface area contributed by atoms with Crippen LogP contribution in [0.4, 0.5) is 5.69 Å². The molecule has 0 radical (unpaired) electrons. The normalized spacial score (nSPS) is 10.7. The molecule has 1 N–H and O–H groups in total. The number of thiophene rings is 1. The van der Waals surface area contributed by atoms with Gasteiger partial charge in [-0.25, -0.2) is 4.98 Å². The predicted octanol–water partition coefficient (Wildman–Crippen LogP) is 2.57. The van der Waals surface area contributed by atoms with Crippen molar-refractivity contribution < 1.29 is 0 Å². The molecule has 0 amide bonds. The number of nitrogens with one attached hydrogen (secondary N) is 1. The number of aromatic nitrogens is 2. The van der Waals surface area contributed by atoms with Gasteiger partial charge in [-0.15, -0.1) is 11.3 Å². The summed E-state index contributed by atoms with van der Waals surface area (Å²) in [5.74, 6) is 0. The fourth-order valence-corrected chi connectivity index (χ4v) is 2.71. The lowest BCUT2D eigenvalue weighted by Crippen LogP contribution is -2.23. The average molecular weight is 271 g/mol. The van der Waals surface area contributed by atoms with Crippen molar-refractivity contribution in [3.8, 4) is 0 Å². The lowest BCUT2D eigenvalue weighted by molar-refractivity contribution is 0.690. The van der Waals surface area contributed by atoms with E-state index in [1.54, 1.807) is 10.9 Å². The van der Waals surface area contributed by atoms with Gasteiger partial charge in [0.25, 0.3) is 5.56 Å². The molecular formula is C14H13N3OS. The molecule has 2 heterocycles. The number of anilines is 1. The number of benzene rings is 1. The zero-order valence-electron chi connectivity index (χ0n) is 10.2. The van der Waals surface area contributed by atoms with Crippen LogP contribution < -0.4 is 10.9 Å². The Morgan fingerprint density at radius 2 is 2.05 bits per heavy atom. The van der Waals surface area contributed by atoms with E-state index in [1.807, 2.05) is 41.8 Å². The van der Waals surface area contributed by atoms with Crippen molar-refractivity contribution in [2.45, 2.75) is 6.54 Å². The first-order chi connectivity index (χ1) is 9.34. The van der Waals surface area contributed by atoms with E-state index in [0.717, 1.165) is 15.9 Å². The average Bonchev–Trinajstić information content (AvgIpc) is 2.92. The van der Waals surface area contributed by atoms with Crippen LogP contribution in [0.25, 0.3) is 10.2 Å².